The molecule has 0 spiro atoms. The van der Waals surface area contributed by atoms with Gasteiger partial charge in [-0.15, -0.1) is 0 Å². The van der Waals surface area contributed by atoms with Crippen molar-refractivity contribution >= 4 is 16.2 Å². The van der Waals surface area contributed by atoms with E-state index in [1.165, 1.54) is 0 Å². The van der Waals surface area contributed by atoms with Gasteiger partial charge in [-0.25, -0.2) is 4.21 Å². The molecule has 5 heavy (non-hydrogen) atoms. The summed E-state index contributed by atoms with van der Waals surface area (Å²) in [6.45, 7) is 1.57. The molecule has 0 aromatic carbocycles. The second-order valence-electron chi connectivity index (χ2n) is 0.694. The molecule has 2 N–H and O–H groups in total. The van der Waals surface area contributed by atoms with E-state index >= 15 is 0 Å². The van der Waals surface area contributed by atoms with Crippen LogP contribution in [0.2, 0.25) is 0 Å². The molecule has 0 amide bonds. The maximum atomic E-state index is 9.38. The van der Waals surface area contributed by atoms with E-state index in [9.17, 15) is 4.21 Å². The van der Waals surface area contributed by atoms with Gasteiger partial charge in [-0.1, -0.05) is 0 Å². The summed E-state index contributed by atoms with van der Waals surface area (Å²) >= 11 is 0.324. The SMILES string of the molecule is CC(N)=S=O. The summed E-state index contributed by atoms with van der Waals surface area (Å²) in [6.07, 6.45) is 0. The monoisotopic (exact) mass is 91.0 g/mol. The zero-order valence-electron chi connectivity index (χ0n) is 2.89. The van der Waals surface area contributed by atoms with Gasteiger partial charge < -0.3 is 0 Å². The van der Waals surface area contributed by atoms with Crippen molar-refractivity contribution < 1.29 is 4.21 Å². The van der Waals surface area contributed by atoms with Gasteiger partial charge in [-0.3, -0.25) is 5.73 Å². The summed E-state index contributed by atoms with van der Waals surface area (Å²) in [4.78, 5) is 0.366. The van der Waals surface area contributed by atoms with Gasteiger partial charge in [0.05, 0.1) is 4.99 Å². The Morgan fingerprint density at radius 3 is 2.20 bits per heavy atom. The van der Waals surface area contributed by atoms with Crippen LogP contribution in [0.1, 0.15) is 6.92 Å². The average Bonchev–Trinajstić information content (AvgIpc) is 1.38. The molecule has 0 aromatic rings. The second-order valence-corrected chi connectivity index (χ2v) is 1.50. The molecule has 0 saturated heterocycles. The van der Waals surface area contributed by atoms with E-state index in [4.69, 9.17) is 5.73 Å². The van der Waals surface area contributed by atoms with Crippen LogP contribution in [0.5, 0.6) is 0 Å². The van der Waals surface area contributed by atoms with Gasteiger partial charge in [0.15, 0.2) is 0 Å². The molecule has 0 aromatic heterocycles. The van der Waals surface area contributed by atoms with Gasteiger partial charge in [-0.05, 0) is 6.92 Å². The third-order valence-corrected chi connectivity index (χ3v) is 0.394. The minimum atomic E-state index is 0.324. The minimum absolute atomic E-state index is 0.324. The van der Waals surface area contributed by atoms with Crippen LogP contribution in [0.3, 0.4) is 0 Å². The van der Waals surface area contributed by atoms with E-state index < -0.39 is 0 Å². The van der Waals surface area contributed by atoms with Crippen molar-refractivity contribution in [2.45, 2.75) is 6.92 Å². The molecule has 0 bridgehead atoms. The summed E-state index contributed by atoms with van der Waals surface area (Å²) < 4.78 is 9.38. The molecule has 0 aliphatic heterocycles. The predicted molar refractivity (Wildman–Crippen MR) is 23.0 cm³/mol. The van der Waals surface area contributed by atoms with E-state index in [1.807, 2.05) is 0 Å². The predicted octanol–water partition coefficient (Wildman–Crippen LogP) is -0.692. The molecule has 0 aliphatic carbocycles. The Morgan fingerprint density at radius 2 is 2.20 bits per heavy atom. The fraction of sp³-hybridized carbons (Fsp3) is 0.500. The standard InChI is InChI=1S/C2H5NOS/c1-2(3)5-4/h3H2,1H3. The summed E-state index contributed by atoms with van der Waals surface area (Å²) in [5, 5.41) is 0. The molecule has 0 saturated carbocycles. The molecule has 0 atom stereocenters. The Hall–Kier alpha value is -0.150. The lowest BCUT2D eigenvalue weighted by molar-refractivity contribution is 0.701. The van der Waals surface area contributed by atoms with Crippen LogP contribution in [0.25, 0.3) is 0 Å². The highest BCUT2D eigenvalue weighted by molar-refractivity contribution is 7.66. The van der Waals surface area contributed by atoms with Crippen molar-refractivity contribution in [3.8, 4) is 0 Å². The van der Waals surface area contributed by atoms with Gasteiger partial charge in [0.2, 0.25) is 0 Å². The van der Waals surface area contributed by atoms with Crippen molar-refractivity contribution in [1.29, 1.82) is 0 Å². The lowest BCUT2D eigenvalue weighted by Gasteiger charge is -1.64. The Kier molecular flexibility index (Phi) is 2.05. The first-order valence-corrected chi connectivity index (χ1v) is 1.90. The first-order valence-electron chi connectivity index (χ1n) is 1.16. The van der Waals surface area contributed by atoms with Crippen molar-refractivity contribution in [1.82, 2.24) is 0 Å². The molecule has 0 radical (unpaired) electrons. The molecule has 2 nitrogen and oxygen atoms in total. The lowest BCUT2D eigenvalue weighted by atomic mass is 10.8. The van der Waals surface area contributed by atoms with Crippen molar-refractivity contribution in [3.63, 3.8) is 0 Å². The lowest BCUT2D eigenvalue weighted by Crippen LogP contribution is -2.02. The fourth-order valence-electron chi connectivity index (χ4n) is 0. The van der Waals surface area contributed by atoms with E-state index in [0.717, 1.165) is 0 Å². The van der Waals surface area contributed by atoms with Crippen molar-refractivity contribution in [2.24, 2.45) is 5.73 Å². The molecule has 0 heterocycles. The molecular weight excluding hydrogens is 86.1 g/mol. The van der Waals surface area contributed by atoms with E-state index in [-0.39, 0.29) is 0 Å². The van der Waals surface area contributed by atoms with Gasteiger partial charge in [0.25, 0.3) is 0 Å². The van der Waals surface area contributed by atoms with Crippen LogP contribution in [0.15, 0.2) is 0 Å². The van der Waals surface area contributed by atoms with Crippen LogP contribution >= 0.6 is 0 Å². The summed E-state index contributed by atoms with van der Waals surface area (Å²) in [5.74, 6) is 0. The Bertz CT molecular complexity index is 69.7. The van der Waals surface area contributed by atoms with Crippen LogP contribution in [0, 0.1) is 0 Å². The number of hydrogen-bond acceptors (Lipinski definition) is 1. The van der Waals surface area contributed by atoms with Crippen LogP contribution in [0.4, 0.5) is 0 Å². The second kappa shape index (κ2) is 2.11. The average molecular weight is 91.1 g/mol. The minimum Gasteiger partial charge on any atom is -0.295 e. The number of rotatable bonds is 0. The van der Waals surface area contributed by atoms with Gasteiger partial charge in [-0.2, -0.15) is 0 Å². The van der Waals surface area contributed by atoms with Crippen molar-refractivity contribution in [2.75, 3.05) is 0 Å². The van der Waals surface area contributed by atoms with Crippen LogP contribution in [-0.2, 0) is 11.3 Å². The molecule has 0 unspecified atom stereocenters. The maximum Gasteiger partial charge on any atom is 0.103 e. The van der Waals surface area contributed by atoms with Crippen LogP contribution < -0.4 is 5.73 Å². The Balaban J connectivity index is 3.60. The first-order chi connectivity index (χ1) is 2.27. The highest BCUT2D eigenvalue weighted by Crippen LogP contribution is 1.39. The van der Waals surface area contributed by atoms with E-state index in [0.29, 0.717) is 16.2 Å². The molecule has 30 valence electrons. The maximum absolute atomic E-state index is 9.38. The van der Waals surface area contributed by atoms with E-state index in [2.05, 4.69) is 0 Å². The Morgan fingerprint density at radius 1 is 2.00 bits per heavy atom. The summed E-state index contributed by atoms with van der Waals surface area (Å²) in [5.41, 5.74) is 4.86. The summed E-state index contributed by atoms with van der Waals surface area (Å²) in [6, 6.07) is 0. The third kappa shape index (κ3) is 3.85. The fourth-order valence-corrected chi connectivity index (χ4v) is 0. The van der Waals surface area contributed by atoms with Crippen molar-refractivity contribution in [3.05, 3.63) is 0 Å². The highest BCUT2D eigenvalue weighted by atomic mass is 32.1. The smallest absolute Gasteiger partial charge is 0.103 e. The number of hydrogen-bond donors (Lipinski definition) is 1. The largest absolute Gasteiger partial charge is 0.295 e. The quantitative estimate of drug-likeness (QED) is 0.401. The van der Waals surface area contributed by atoms with Gasteiger partial charge in [0, 0.05) is 0 Å². The molecular formula is C2H5NOS. The highest BCUT2D eigenvalue weighted by Gasteiger charge is 1.62. The van der Waals surface area contributed by atoms with E-state index in [1.54, 1.807) is 6.92 Å². The van der Waals surface area contributed by atoms with Gasteiger partial charge >= 0.3 is 0 Å². The molecule has 0 aliphatic rings. The number of nitrogens with two attached hydrogens (primary N) is 1. The topological polar surface area (TPSA) is 43.1 Å². The normalized spacial score (nSPS) is 6.80. The van der Waals surface area contributed by atoms with Crippen LogP contribution in [-0.4, -0.2) is 9.20 Å². The zero-order chi connectivity index (χ0) is 4.28. The Labute approximate surface area is 34.1 Å². The summed E-state index contributed by atoms with van der Waals surface area (Å²) in [7, 11) is 0. The molecule has 3 heteroatoms. The molecule has 0 rings (SSSR count). The molecule has 0 fully saturated rings. The van der Waals surface area contributed by atoms with Gasteiger partial charge in [0.1, 0.15) is 11.3 Å². The zero-order valence-corrected chi connectivity index (χ0v) is 3.71. The first kappa shape index (κ1) is 4.85. The third-order valence-electron chi connectivity index (χ3n) is 0.131.